The van der Waals surface area contributed by atoms with Crippen molar-refractivity contribution in [3.05, 3.63) is 56.2 Å². The number of rotatable bonds is 6. The van der Waals surface area contributed by atoms with Crippen LogP contribution < -0.4 is 4.74 Å². The summed E-state index contributed by atoms with van der Waals surface area (Å²) in [5, 5.41) is 13.4. The Balaban J connectivity index is 2.21. The SMILES string of the molecule is COc1ccc(Cl)cc1/C(O)=C1\C(=O)C(=O)N(CCN(C)C)C1c1sccc1C. The molecule has 6 nitrogen and oxygen atoms in total. The third kappa shape index (κ3) is 4.03. The Morgan fingerprint density at radius 1 is 1.31 bits per heavy atom. The number of likely N-dealkylation sites (tertiary alicyclic amines) is 1. The number of carbonyl (C=O) groups excluding carboxylic acids is 2. The molecule has 1 unspecified atom stereocenters. The lowest BCUT2D eigenvalue weighted by Gasteiger charge is -2.26. The number of carbonyl (C=O) groups is 2. The fourth-order valence-corrected chi connectivity index (χ4v) is 4.58. The molecule has 1 N–H and O–H groups in total. The number of halogens is 1. The maximum absolute atomic E-state index is 13.0. The highest BCUT2D eigenvalue weighted by Crippen LogP contribution is 2.43. The van der Waals surface area contributed by atoms with E-state index in [1.54, 1.807) is 12.1 Å². The number of thiophene rings is 1. The lowest BCUT2D eigenvalue weighted by atomic mass is 9.98. The summed E-state index contributed by atoms with van der Waals surface area (Å²) in [4.78, 5) is 30.2. The predicted molar refractivity (Wildman–Crippen MR) is 115 cm³/mol. The second-order valence-corrected chi connectivity index (χ2v) is 8.49. The summed E-state index contributed by atoms with van der Waals surface area (Å²) in [7, 11) is 5.27. The fourth-order valence-electron chi connectivity index (χ4n) is 3.37. The zero-order valence-electron chi connectivity index (χ0n) is 16.7. The van der Waals surface area contributed by atoms with Gasteiger partial charge in [-0.25, -0.2) is 0 Å². The summed E-state index contributed by atoms with van der Waals surface area (Å²) in [6, 6.07) is 6.06. The van der Waals surface area contributed by atoms with E-state index in [2.05, 4.69) is 0 Å². The molecule has 1 aromatic heterocycles. The quantitative estimate of drug-likeness (QED) is 0.426. The zero-order valence-corrected chi connectivity index (χ0v) is 18.3. The van der Waals surface area contributed by atoms with Gasteiger partial charge < -0.3 is 19.6 Å². The van der Waals surface area contributed by atoms with Crippen LogP contribution in [0.2, 0.25) is 5.02 Å². The van der Waals surface area contributed by atoms with Crippen LogP contribution in [-0.4, -0.2) is 60.9 Å². The van der Waals surface area contributed by atoms with E-state index in [9.17, 15) is 14.7 Å². The van der Waals surface area contributed by atoms with Crippen LogP contribution in [0.4, 0.5) is 0 Å². The maximum Gasteiger partial charge on any atom is 0.295 e. The van der Waals surface area contributed by atoms with Gasteiger partial charge in [-0.1, -0.05) is 11.6 Å². The largest absolute Gasteiger partial charge is 0.507 e. The first-order chi connectivity index (χ1) is 13.8. The topological polar surface area (TPSA) is 70.1 Å². The molecule has 0 saturated carbocycles. The average molecular weight is 435 g/mol. The highest BCUT2D eigenvalue weighted by molar-refractivity contribution is 7.10. The van der Waals surface area contributed by atoms with Crippen molar-refractivity contribution in [2.75, 3.05) is 34.3 Å². The smallest absolute Gasteiger partial charge is 0.295 e. The van der Waals surface area contributed by atoms with E-state index < -0.39 is 17.7 Å². The Morgan fingerprint density at radius 2 is 2.03 bits per heavy atom. The molecule has 29 heavy (non-hydrogen) atoms. The summed E-state index contributed by atoms with van der Waals surface area (Å²) in [6.07, 6.45) is 0. The molecule has 1 aromatic carbocycles. The van der Waals surface area contributed by atoms with Crippen molar-refractivity contribution in [3.63, 3.8) is 0 Å². The number of hydrogen-bond donors (Lipinski definition) is 1. The predicted octanol–water partition coefficient (Wildman–Crippen LogP) is 3.70. The van der Waals surface area contributed by atoms with Crippen molar-refractivity contribution in [3.8, 4) is 5.75 Å². The number of Topliss-reactive ketones (excluding diaryl/α,β-unsaturated/α-hetero) is 1. The van der Waals surface area contributed by atoms with Gasteiger partial charge in [0.25, 0.3) is 11.7 Å². The number of aliphatic hydroxyl groups excluding tert-OH is 1. The van der Waals surface area contributed by atoms with E-state index in [0.717, 1.165) is 10.4 Å². The van der Waals surface area contributed by atoms with Gasteiger partial charge in [0.2, 0.25) is 0 Å². The Hall–Kier alpha value is -2.35. The number of methoxy groups -OCH3 is 1. The summed E-state index contributed by atoms with van der Waals surface area (Å²) in [5.41, 5.74) is 1.30. The van der Waals surface area contributed by atoms with E-state index in [0.29, 0.717) is 23.9 Å². The van der Waals surface area contributed by atoms with Crippen molar-refractivity contribution in [1.29, 1.82) is 0 Å². The molecular formula is C21H23ClN2O4S. The molecule has 154 valence electrons. The molecule has 0 spiro atoms. The minimum absolute atomic E-state index is 0.0554. The first-order valence-corrected chi connectivity index (χ1v) is 10.3. The molecule has 2 heterocycles. The molecule has 3 rings (SSSR count). The lowest BCUT2D eigenvalue weighted by Crippen LogP contribution is -2.35. The number of aryl methyl sites for hydroxylation is 1. The third-order valence-corrected chi connectivity index (χ3v) is 6.20. The number of ether oxygens (including phenoxy) is 1. The van der Waals surface area contributed by atoms with Crippen LogP contribution in [0.25, 0.3) is 5.76 Å². The third-order valence-electron chi connectivity index (χ3n) is 4.89. The normalized spacial score (nSPS) is 18.7. The minimum atomic E-state index is -0.707. The molecule has 8 heteroatoms. The van der Waals surface area contributed by atoms with Gasteiger partial charge in [0.05, 0.1) is 24.3 Å². The monoisotopic (exact) mass is 434 g/mol. The van der Waals surface area contributed by atoms with Gasteiger partial charge in [-0.3, -0.25) is 9.59 Å². The molecule has 0 aliphatic carbocycles. The molecule has 1 aliphatic rings. The Labute approximate surface area is 179 Å². The molecule has 1 atom stereocenters. The van der Waals surface area contributed by atoms with E-state index in [-0.39, 0.29) is 16.9 Å². The van der Waals surface area contributed by atoms with Crippen LogP contribution in [0.1, 0.15) is 22.0 Å². The molecule has 1 saturated heterocycles. The van der Waals surface area contributed by atoms with Crippen molar-refractivity contribution in [2.45, 2.75) is 13.0 Å². The number of hydrogen-bond acceptors (Lipinski definition) is 6. The second kappa shape index (κ2) is 8.57. The number of aliphatic hydroxyl groups is 1. The van der Waals surface area contributed by atoms with Crippen LogP contribution in [-0.2, 0) is 9.59 Å². The zero-order chi connectivity index (χ0) is 21.3. The molecule has 1 aliphatic heterocycles. The van der Waals surface area contributed by atoms with Crippen LogP contribution in [0.5, 0.6) is 5.75 Å². The number of nitrogens with zero attached hydrogens (tertiary/aromatic N) is 2. The minimum Gasteiger partial charge on any atom is -0.507 e. The molecule has 2 aromatic rings. The average Bonchev–Trinajstić information content (AvgIpc) is 3.20. The maximum atomic E-state index is 13.0. The summed E-state index contributed by atoms with van der Waals surface area (Å²) in [5.74, 6) is -1.24. The van der Waals surface area contributed by atoms with E-state index >= 15 is 0 Å². The first kappa shape index (κ1) is 21.4. The lowest BCUT2D eigenvalue weighted by molar-refractivity contribution is -0.140. The van der Waals surface area contributed by atoms with Crippen LogP contribution in [0, 0.1) is 6.92 Å². The second-order valence-electron chi connectivity index (χ2n) is 7.11. The van der Waals surface area contributed by atoms with Crippen molar-refractivity contribution >= 4 is 40.4 Å². The number of benzene rings is 1. The summed E-state index contributed by atoms with van der Waals surface area (Å²) in [6.45, 7) is 2.88. The van der Waals surface area contributed by atoms with Crippen LogP contribution in [0.15, 0.2) is 35.2 Å². The van der Waals surface area contributed by atoms with Gasteiger partial charge >= 0.3 is 0 Å². The van der Waals surface area contributed by atoms with Crippen molar-refractivity contribution in [1.82, 2.24) is 9.80 Å². The fraction of sp³-hybridized carbons (Fsp3) is 0.333. The van der Waals surface area contributed by atoms with Gasteiger partial charge in [0, 0.05) is 23.0 Å². The Kier molecular flexibility index (Phi) is 6.31. The van der Waals surface area contributed by atoms with Crippen LogP contribution >= 0.6 is 22.9 Å². The summed E-state index contributed by atoms with van der Waals surface area (Å²) >= 11 is 7.57. The number of amides is 1. The van der Waals surface area contributed by atoms with Crippen molar-refractivity contribution < 1.29 is 19.4 Å². The Bertz CT molecular complexity index is 983. The number of ketones is 1. The van der Waals surface area contributed by atoms with Crippen LogP contribution in [0.3, 0.4) is 0 Å². The van der Waals surface area contributed by atoms with Gasteiger partial charge in [0.15, 0.2) is 0 Å². The molecule has 1 amide bonds. The van der Waals surface area contributed by atoms with Gasteiger partial charge in [-0.15, -0.1) is 11.3 Å². The number of likely N-dealkylation sites (N-methyl/N-ethyl adjacent to an activating group) is 1. The molecule has 1 fully saturated rings. The molecule has 0 radical (unpaired) electrons. The highest BCUT2D eigenvalue weighted by Gasteiger charge is 2.47. The Morgan fingerprint density at radius 3 is 2.62 bits per heavy atom. The van der Waals surface area contributed by atoms with Gasteiger partial charge in [-0.2, -0.15) is 0 Å². The van der Waals surface area contributed by atoms with Crippen molar-refractivity contribution in [2.24, 2.45) is 0 Å². The standard InChI is InChI=1S/C21H23ClN2O4S/c1-12-7-10-29-20(12)17-16(19(26)21(27)24(17)9-8-23(2)3)18(25)14-11-13(22)5-6-15(14)28-4/h5-7,10-11,17,25H,8-9H2,1-4H3/b18-16+. The summed E-state index contributed by atoms with van der Waals surface area (Å²) < 4.78 is 5.33. The first-order valence-electron chi connectivity index (χ1n) is 9.07. The van der Waals surface area contributed by atoms with Gasteiger partial charge in [0.1, 0.15) is 11.5 Å². The molecule has 0 bridgehead atoms. The van der Waals surface area contributed by atoms with E-state index in [1.807, 2.05) is 37.4 Å². The highest BCUT2D eigenvalue weighted by atomic mass is 35.5. The van der Waals surface area contributed by atoms with E-state index in [1.165, 1.54) is 29.4 Å². The molecular weight excluding hydrogens is 412 g/mol. The van der Waals surface area contributed by atoms with E-state index in [4.69, 9.17) is 16.3 Å². The van der Waals surface area contributed by atoms with Gasteiger partial charge in [-0.05, 0) is 56.2 Å².